The van der Waals surface area contributed by atoms with E-state index in [0.29, 0.717) is 5.02 Å². The Bertz CT molecular complexity index is 1480. The molecule has 0 saturated carbocycles. The number of hydrogen-bond acceptors (Lipinski definition) is 2. The van der Waals surface area contributed by atoms with Crippen molar-refractivity contribution in [1.29, 1.82) is 0 Å². The van der Waals surface area contributed by atoms with E-state index in [9.17, 15) is 0 Å². The third kappa shape index (κ3) is 3.09. The lowest BCUT2D eigenvalue weighted by Crippen LogP contribution is -2.09. The fourth-order valence-corrected chi connectivity index (χ4v) is 5.14. The largest absolute Gasteiger partial charge is 0.228 e. The van der Waals surface area contributed by atoms with E-state index in [1.807, 2.05) is 28.9 Å². The van der Waals surface area contributed by atoms with Gasteiger partial charge in [-0.05, 0) is 78.4 Å². The summed E-state index contributed by atoms with van der Waals surface area (Å²) in [6.45, 7) is 2.07. The molecular weight excluding hydrogens is 482 g/mol. The standard InChI is InChI=1S/C27H19BrClN3/c1-16-24-25(18-6-9-19(28)10-7-18)23-15-8-17-4-2-3-5-22(17)26(23)30-27(24)32(31-16)21-13-11-20(29)12-14-21/h2-7,9-14H,8,15H2,1H3. The van der Waals surface area contributed by atoms with Gasteiger partial charge in [0, 0.05) is 15.1 Å². The zero-order valence-electron chi connectivity index (χ0n) is 17.4. The monoisotopic (exact) mass is 499 g/mol. The highest BCUT2D eigenvalue weighted by Gasteiger charge is 2.26. The average molecular weight is 501 g/mol. The molecule has 1 aliphatic carbocycles. The second-order valence-corrected chi connectivity index (χ2v) is 9.50. The number of halogens is 2. The fraction of sp³-hybridized carbons (Fsp3) is 0.111. The number of pyridine rings is 1. The summed E-state index contributed by atoms with van der Waals surface area (Å²) in [4.78, 5) is 5.24. The van der Waals surface area contributed by atoms with E-state index < -0.39 is 0 Å². The Labute approximate surface area is 199 Å². The molecule has 0 bridgehead atoms. The van der Waals surface area contributed by atoms with Crippen LogP contribution in [0.3, 0.4) is 0 Å². The Kier molecular flexibility index (Phi) is 4.67. The molecule has 3 nitrogen and oxygen atoms in total. The summed E-state index contributed by atoms with van der Waals surface area (Å²) in [5, 5.41) is 6.74. The molecule has 0 fully saturated rings. The van der Waals surface area contributed by atoms with Crippen LogP contribution in [-0.4, -0.2) is 14.8 Å². The Balaban J connectivity index is 1.73. The molecule has 6 rings (SSSR count). The maximum atomic E-state index is 6.14. The van der Waals surface area contributed by atoms with Gasteiger partial charge in [-0.15, -0.1) is 0 Å². The molecule has 2 aromatic heterocycles. The van der Waals surface area contributed by atoms with Crippen LogP contribution in [0.5, 0.6) is 0 Å². The summed E-state index contributed by atoms with van der Waals surface area (Å²) in [5.41, 5.74) is 10.2. The van der Waals surface area contributed by atoms with Crippen molar-refractivity contribution in [3.05, 3.63) is 99.1 Å². The van der Waals surface area contributed by atoms with E-state index in [4.69, 9.17) is 21.7 Å². The first kappa shape index (κ1) is 19.7. The molecular formula is C27H19BrClN3. The molecule has 0 unspecified atom stereocenters. The molecule has 0 N–H and O–H groups in total. The van der Waals surface area contributed by atoms with Crippen LogP contribution in [0.25, 0.3) is 39.1 Å². The number of aryl methyl sites for hydroxylation is 2. The molecule has 5 heteroatoms. The van der Waals surface area contributed by atoms with Gasteiger partial charge in [-0.2, -0.15) is 5.10 Å². The van der Waals surface area contributed by atoms with Crippen molar-refractivity contribution in [3.8, 4) is 28.1 Å². The minimum Gasteiger partial charge on any atom is -0.228 e. The molecule has 5 aromatic rings. The highest BCUT2D eigenvalue weighted by atomic mass is 79.9. The predicted octanol–water partition coefficient (Wildman–Crippen LogP) is 7.58. The van der Waals surface area contributed by atoms with Crippen molar-refractivity contribution in [2.45, 2.75) is 19.8 Å². The van der Waals surface area contributed by atoms with Crippen LogP contribution in [0.2, 0.25) is 5.02 Å². The number of fused-ring (bicyclic) bond motifs is 4. The van der Waals surface area contributed by atoms with Crippen molar-refractivity contribution in [2.24, 2.45) is 0 Å². The summed E-state index contributed by atoms with van der Waals surface area (Å²) in [5.74, 6) is 0. The molecule has 0 atom stereocenters. The summed E-state index contributed by atoms with van der Waals surface area (Å²) >= 11 is 9.72. The maximum Gasteiger partial charge on any atom is 0.164 e. The van der Waals surface area contributed by atoms with Crippen LogP contribution in [0.4, 0.5) is 0 Å². The highest BCUT2D eigenvalue weighted by molar-refractivity contribution is 9.10. The van der Waals surface area contributed by atoms with Crippen LogP contribution in [-0.2, 0) is 12.8 Å². The van der Waals surface area contributed by atoms with Crippen LogP contribution >= 0.6 is 27.5 Å². The first-order valence-corrected chi connectivity index (χ1v) is 11.8. The summed E-state index contributed by atoms with van der Waals surface area (Å²) in [6.07, 6.45) is 1.98. The summed E-state index contributed by atoms with van der Waals surface area (Å²) in [6, 6.07) is 24.9. The second-order valence-electron chi connectivity index (χ2n) is 8.15. The third-order valence-electron chi connectivity index (χ3n) is 6.21. The third-order valence-corrected chi connectivity index (χ3v) is 6.99. The van der Waals surface area contributed by atoms with Crippen LogP contribution in [0, 0.1) is 6.92 Å². The predicted molar refractivity (Wildman–Crippen MR) is 135 cm³/mol. The van der Waals surface area contributed by atoms with Gasteiger partial charge in [0.05, 0.1) is 22.5 Å². The van der Waals surface area contributed by atoms with Crippen molar-refractivity contribution in [1.82, 2.24) is 14.8 Å². The number of benzene rings is 3. The zero-order chi connectivity index (χ0) is 21.8. The van der Waals surface area contributed by atoms with Gasteiger partial charge in [0.1, 0.15) is 0 Å². The molecule has 156 valence electrons. The van der Waals surface area contributed by atoms with E-state index in [-0.39, 0.29) is 0 Å². The molecule has 32 heavy (non-hydrogen) atoms. The first-order valence-electron chi connectivity index (χ1n) is 10.6. The zero-order valence-corrected chi connectivity index (χ0v) is 19.8. The average Bonchev–Trinajstić information content (AvgIpc) is 3.15. The van der Waals surface area contributed by atoms with Gasteiger partial charge in [-0.3, -0.25) is 0 Å². The lowest BCUT2D eigenvalue weighted by atomic mass is 9.83. The molecule has 0 saturated heterocycles. The van der Waals surface area contributed by atoms with E-state index >= 15 is 0 Å². The van der Waals surface area contributed by atoms with E-state index in [0.717, 1.165) is 45.4 Å². The van der Waals surface area contributed by atoms with E-state index in [2.05, 4.69) is 71.4 Å². The Morgan fingerprint density at radius 2 is 1.66 bits per heavy atom. The molecule has 3 aromatic carbocycles. The van der Waals surface area contributed by atoms with Crippen molar-refractivity contribution in [3.63, 3.8) is 0 Å². The SMILES string of the molecule is Cc1nn(-c2ccc(Cl)cc2)c2nc3c(c(-c4ccc(Br)cc4)c12)CCc1ccccc1-3. The van der Waals surface area contributed by atoms with Gasteiger partial charge in [-0.25, -0.2) is 9.67 Å². The quantitative estimate of drug-likeness (QED) is 0.250. The van der Waals surface area contributed by atoms with Gasteiger partial charge in [0.15, 0.2) is 5.65 Å². The molecule has 0 spiro atoms. The topological polar surface area (TPSA) is 30.7 Å². The lowest BCUT2D eigenvalue weighted by molar-refractivity contribution is 0.875. The van der Waals surface area contributed by atoms with Gasteiger partial charge in [0.2, 0.25) is 0 Å². The fourth-order valence-electron chi connectivity index (χ4n) is 4.75. The Hall–Kier alpha value is -2.95. The second kappa shape index (κ2) is 7.58. The normalized spacial score (nSPS) is 12.6. The van der Waals surface area contributed by atoms with Gasteiger partial charge in [0.25, 0.3) is 0 Å². The van der Waals surface area contributed by atoms with Crippen molar-refractivity contribution in [2.75, 3.05) is 0 Å². The van der Waals surface area contributed by atoms with Gasteiger partial charge >= 0.3 is 0 Å². The van der Waals surface area contributed by atoms with Crippen molar-refractivity contribution >= 4 is 38.6 Å². The number of aromatic nitrogens is 3. The molecule has 0 radical (unpaired) electrons. The number of nitrogens with zero attached hydrogens (tertiary/aromatic N) is 3. The molecule has 1 aliphatic rings. The van der Waals surface area contributed by atoms with Gasteiger partial charge in [-0.1, -0.05) is 63.9 Å². The van der Waals surface area contributed by atoms with Crippen LogP contribution in [0.15, 0.2) is 77.3 Å². The highest BCUT2D eigenvalue weighted by Crippen LogP contribution is 2.43. The summed E-state index contributed by atoms with van der Waals surface area (Å²) < 4.78 is 3.01. The van der Waals surface area contributed by atoms with E-state index in [1.54, 1.807) is 0 Å². The van der Waals surface area contributed by atoms with Crippen LogP contribution in [0.1, 0.15) is 16.8 Å². The number of rotatable bonds is 2. The Morgan fingerprint density at radius 3 is 2.44 bits per heavy atom. The molecule has 2 heterocycles. The summed E-state index contributed by atoms with van der Waals surface area (Å²) in [7, 11) is 0. The number of hydrogen-bond donors (Lipinski definition) is 0. The first-order chi connectivity index (χ1) is 15.6. The minimum atomic E-state index is 0.705. The van der Waals surface area contributed by atoms with E-state index in [1.165, 1.54) is 27.8 Å². The minimum absolute atomic E-state index is 0.705. The molecule has 0 aliphatic heterocycles. The molecule has 0 amide bonds. The Morgan fingerprint density at radius 1 is 0.906 bits per heavy atom. The van der Waals surface area contributed by atoms with Crippen LogP contribution < -0.4 is 0 Å². The lowest BCUT2D eigenvalue weighted by Gasteiger charge is -2.23. The van der Waals surface area contributed by atoms with Crippen molar-refractivity contribution < 1.29 is 0 Å². The smallest absolute Gasteiger partial charge is 0.164 e. The van der Waals surface area contributed by atoms with Gasteiger partial charge < -0.3 is 0 Å². The maximum absolute atomic E-state index is 6.14.